The third-order valence-electron chi connectivity index (χ3n) is 4.24. The topological polar surface area (TPSA) is 89.0 Å². The quantitative estimate of drug-likeness (QED) is 0.722. The molecule has 2 aromatic rings. The second-order valence-electron chi connectivity index (χ2n) is 6.33. The number of nitrogens with one attached hydrogen (secondary N) is 2. The zero-order chi connectivity index (χ0) is 19.8. The predicted octanol–water partition coefficient (Wildman–Crippen LogP) is 2.59. The Morgan fingerprint density at radius 1 is 1.14 bits per heavy atom. The van der Waals surface area contributed by atoms with Gasteiger partial charge in [0.25, 0.3) is 0 Å². The van der Waals surface area contributed by atoms with Crippen LogP contribution < -0.4 is 20.1 Å². The van der Waals surface area contributed by atoms with E-state index in [1.807, 2.05) is 54.6 Å². The molecule has 2 aromatic carbocycles. The number of carbonyl (C=O) groups excluding carboxylic acids is 2. The number of methoxy groups -OCH3 is 1. The fraction of sp³-hybridized carbons (Fsp3) is 0.286. The summed E-state index contributed by atoms with van der Waals surface area (Å²) in [7, 11) is 1.60. The first kappa shape index (κ1) is 19.4. The minimum absolute atomic E-state index is 0.182. The largest absolute Gasteiger partial charge is 0.497 e. The van der Waals surface area contributed by atoms with Crippen molar-refractivity contribution in [3.63, 3.8) is 0 Å². The van der Waals surface area contributed by atoms with E-state index in [4.69, 9.17) is 9.47 Å². The zero-order valence-electron chi connectivity index (χ0n) is 15.7. The van der Waals surface area contributed by atoms with Crippen molar-refractivity contribution in [3.8, 4) is 11.5 Å². The molecule has 0 radical (unpaired) electrons. The van der Waals surface area contributed by atoms with Gasteiger partial charge in [0.2, 0.25) is 17.8 Å². The van der Waals surface area contributed by atoms with Crippen LogP contribution in [0.15, 0.2) is 59.6 Å². The van der Waals surface area contributed by atoms with Gasteiger partial charge in [0.15, 0.2) is 0 Å². The van der Waals surface area contributed by atoms with E-state index in [9.17, 15) is 9.59 Å². The van der Waals surface area contributed by atoms with Crippen LogP contribution in [0.25, 0.3) is 0 Å². The van der Waals surface area contributed by atoms with E-state index in [1.54, 1.807) is 7.11 Å². The van der Waals surface area contributed by atoms with Crippen molar-refractivity contribution in [1.82, 2.24) is 10.6 Å². The van der Waals surface area contributed by atoms with Crippen LogP contribution in [0.3, 0.4) is 0 Å². The van der Waals surface area contributed by atoms with E-state index in [-0.39, 0.29) is 36.7 Å². The number of para-hydroxylation sites is 1. The Morgan fingerprint density at radius 3 is 2.61 bits per heavy atom. The summed E-state index contributed by atoms with van der Waals surface area (Å²) >= 11 is 0. The molecule has 0 unspecified atom stereocenters. The van der Waals surface area contributed by atoms with Crippen LogP contribution in [0.4, 0.5) is 0 Å². The molecule has 7 heteroatoms. The molecule has 2 N–H and O–H groups in total. The number of guanidine groups is 1. The maximum atomic E-state index is 12.1. The number of benzene rings is 2. The fourth-order valence-electron chi connectivity index (χ4n) is 2.81. The maximum Gasteiger partial charge on any atom is 0.229 e. The van der Waals surface area contributed by atoms with Gasteiger partial charge in [-0.3, -0.25) is 20.2 Å². The molecule has 3 rings (SSSR count). The summed E-state index contributed by atoms with van der Waals surface area (Å²) in [4.78, 5) is 28.6. The Morgan fingerprint density at radius 2 is 1.89 bits per heavy atom. The summed E-state index contributed by atoms with van der Waals surface area (Å²) in [5, 5.41) is 5.28. The van der Waals surface area contributed by atoms with Crippen LogP contribution in [0.2, 0.25) is 0 Å². The normalized spacial score (nSPS) is 16.0. The molecule has 0 saturated heterocycles. The van der Waals surface area contributed by atoms with Gasteiger partial charge < -0.3 is 9.47 Å². The molecule has 1 heterocycles. The molecule has 0 bridgehead atoms. The van der Waals surface area contributed by atoms with E-state index in [0.29, 0.717) is 13.0 Å². The smallest absolute Gasteiger partial charge is 0.229 e. The molecule has 0 spiro atoms. The number of hydrogen-bond acceptors (Lipinski definition) is 5. The van der Waals surface area contributed by atoms with Gasteiger partial charge in [0.05, 0.1) is 26.2 Å². The highest BCUT2D eigenvalue weighted by Gasteiger charge is 2.23. The number of carbonyl (C=O) groups is 2. The van der Waals surface area contributed by atoms with Crippen molar-refractivity contribution in [2.45, 2.75) is 25.3 Å². The number of hydrogen-bond donors (Lipinski definition) is 2. The van der Waals surface area contributed by atoms with Crippen molar-refractivity contribution in [1.29, 1.82) is 0 Å². The molecule has 28 heavy (non-hydrogen) atoms. The third kappa shape index (κ3) is 5.57. The SMILES string of the molecule is COc1ccc([C@@H]2CC(=O)NC(NC(=O)CCCOc3ccccc3)=N2)cc1. The Hall–Kier alpha value is -3.35. The lowest BCUT2D eigenvalue weighted by molar-refractivity contribution is -0.120. The first-order chi connectivity index (χ1) is 13.6. The van der Waals surface area contributed by atoms with Crippen molar-refractivity contribution >= 4 is 17.8 Å². The van der Waals surface area contributed by atoms with E-state index < -0.39 is 0 Å². The molecule has 0 saturated carbocycles. The van der Waals surface area contributed by atoms with E-state index in [0.717, 1.165) is 17.1 Å². The third-order valence-corrected chi connectivity index (χ3v) is 4.24. The lowest BCUT2D eigenvalue weighted by Crippen LogP contribution is -2.47. The van der Waals surface area contributed by atoms with Crippen LogP contribution in [0, 0.1) is 0 Å². The van der Waals surface area contributed by atoms with Crippen molar-refractivity contribution in [2.75, 3.05) is 13.7 Å². The van der Waals surface area contributed by atoms with Crippen LogP contribution in [-0.4, -0.2) is 31.5 Å². The Kier molecular flexibility index (Phi) is 6.62. The van der Waals surface area contributed by atoms with Crippen molar-refractivity contribution < 1.29 is 19.1 Å². The predicted molar refractivity (Wildman–Crippen MR) is 105 cm³/mol. The average Bonchev–Trinajstić information content (AvgIpc) is 2.71. The number of ether oxygens (including phenoxy) is 2. The van der Waals surface area contributed by atoms with Gasteiger partial charge in [0.1, 0.15) is 11.5 Å². The summed E-state index contributed by atoms with van der Waals surface area (Å²) in [6, 6.07) is 16.5. The molecular weight excluding hydrogens is 358 g/mol. The van der Waals surface area contributed by atoms with Crippen LogP contribution in [0.1, 0.15) is 30.9 Å². The van der Waals surface area contributed by atoms with Crippen molar-refractivity contribution in [2.24, 2.45) is 4.99 Å². The minimum atomic E-state index is -0.337. The summed E-state index contributed by atoms with van der Waals surface area (Å²) in [5.41, 5.74) is 0.888. The molecule has 0 aromatic heterocycles. The van der Waals surface area contributed by atoms with Gasteiger partial charge >= 0.3 is 0 Å². The number of amides is 2. The van der Waals surface area contributed by atoms with Crippen LogP contribution >= 0.6 is 0 Å². The summed E-state index contributed by atoms with van der Waals surface area (Å²) in [6.45, 7) is 0.435. The lowest BCUT2D eigenvalue weighted by Gasteiger charge is -2.21. The summed E-state index contributed by atoms with van der Waals surface area (Å²) < 4.78 is 10.7. The summed E-state index contributed by atoms with van der Waals surface area (Å²) in [6.07, 6.45) is 1.06. The van der Waals surface area contributed by atoms with E-state index >= 15 is 0 Å². The lowest BCUT2D eigenvalue weighted by atomic mass is 10.0. The van der Waals surface area contributed by atoms with E-state index in [2.05, 4.69) is 15.6 Å². The van der Waals surface area contributed by atoms with Crippen LogP contribution in [0.5, 0.6) is 11.5 Å². The molecule has 2 amide bonds. The maximum absolute atomic E-state index is 12.1. The van der Waals surface area contributed by atoms with Gasteiger partial charge in [-0.2, -0.15) is 0 Å². The monoisotopic (exact) mass is 381 g/mol. The molecule has 7 nitrogen and oxygen atoms in total. The standard InChI is InChI=1S/C21H23N3O4/c1-27-16-11-9-15(10-12-16)18-14-20(26)24-21(22-18)23-19(25)8-5-13-28-17-6-3-2-4-7-17/h2-4,6-7,9-12,18H,5,8,13-14H2,1H3,(H2,22,23,24,25,26)/t18-/m0/s1. The molecule has 146 valence electrons. The molecule has 0 fully saturated rings. The second kappa shape index (κ2) is 9.55. The average molecular weight is 381 g/mol. The minimum Gasteiger partial charge on any atom is -0.497 e. The Balaban J connectivity index is 1.50. The molecule has 0 aliphatic carbocycles. The first-order valence-electron chi connectivity index (χ1n) is 9.13. The van der Waals surface area contributed by atoms with Gasteiger partial charge in [-0.25, -0.2) is 4.99 Å². The van der Waals surface area contributed by atoms with Gasteiger partial charge in [-0.05, 0) is 36.2 Å². The highest BCUT2D eigenvalue weighted by molar-refractivity contribution is 6.06. The molecular formula is C21H23N3O4. The zero-order valence-corrected chi connectivity index (χ0v) is 15.7. The highest BCUT2D eigenvalue weighted by atomic mass is 16.5. The molecule has 1 atom stereocenters. The Bertz CT molecular complexity index is 834. The highest BCUT2D eigenvalue weighted by Crippen LogP contribution is 2.25. The first-order valence-corrected chi connectivity index (χ1v) is 9.13. The van der Waals surface area contributed by atoms with Gasteiger partial charge in [0, 0.05) is 6.42 Å². The molecule has 1 aliphatic rings. The van der Waals surface area contributed by atoms with Gasteiger partial charge in [-0.15, -0.1) is 0 Å². The summed E-state index contributed by atoms with van der Waals surface area (Å²) in [5.74, 6) is 1.30. The Labute approximate surface area is 163 Å². The van der Waals surface area contributed by atoms with Crippen LogP contribution in [-0.2, 0) is 9.59 Å². The number of rotatable bonds is 7. The van der Waals surface area contributed by atoms with Gasteiger partial charge in [-0.1, -0.05) is 30.3 Å². The fourth-order valence-corrected chi connectivity index (χ4v) is 2.81. The van der Waals surface area contributed by atoms with Crippen molar-refractivity contribution in [3.05, 3.63) is 60.2 Å². The molecule has 1 aliphatic heterocycles. The second-order valence-corrected chi connectivity index (χ2v) is 6.33. The number of nitrogens with zero attached hydrogens (tertiary/aromatic N) is 1. The van der Waals surface area contributed by atoms with E-state index in [1.165, 1.54) is 0 Å². The number of aliphatic imine (C=N–C) groups is 1.